The topological polar surface area (TPSA) is 176 Å². The summed E-state index contributed by atoms with van der Waals surface area (Å²) in [7, 11) is 0. The van der Waals surface area contributed by atoms with E-state index in [0.29, 0.717) is 24.0 Å². The molecule has 2 aliphatic carbocycles. The fraction of sp³-hybridized carbons (Fsp3) is 0.400. The highest BCUT2D eigenvalue weighted by Crippen LogP contribution is 2.45. The molecule has 3 aromatic carbocycles. The largest absolute Gasteiger partial charge is 0.460 e. The molecule has 6 rings (SSSR count). The van der Waals surface area contributed by atoms with E-state index >= 15 is 0 Å². The lowest BCUT2D eigenvalue weighted by molar-refractivity contribution is -0.182. The van der Waals surface area contributed by atoms with Gasteiger partial charge in [0.1, 0.15) is 23.9 Å². The number of rotatable bonds is 14. The second kappa shape index (κ2) is 18.8. The van der Waals surface area contributed by atoms with Gasteiger partial charge in [-0.3, -0.25) is 14.4 Å². The molecule has 3 aliphatic rings. The van der Waals surface area contributed by atoms with Crippen molar-refractivity contribution in [3.63, 3.8) is 0 Å². The lowest BCUT2D eigenvalue weighted by atomic mass is 9.91. The molecule has 3 aromatic rings. The van der Waals surface area contributed by atoms with Crippen molar-refractivity contribution in [1.29, 1.82) is 0 Å². The third-order valence-corrected chi connectivity index (χ3v) is 10.0. The molecule has 61 heavy (non-hydrogen) atoms. The van der Waals surface area contributed by atoms with Gasteiger partial charge in [-0.1, -0.05) is 48.5 Å². The van der Waals surface area contributed by atoms with Crippen LogP contribution in [0, 0.1) is 0 Å². The third kappa shape index (κ3) is 12.4. The Morgan fingerprint density at radius 2 is 1.62 bits per heavy atom. The van der Waals surface area contributed by atoms with Crippen LogP contribution in [0.5, 0.6) is 0 Å². The number of ether oxygens (including phenoxy) is 5. The fourth-order valence-electron chi connectivity index (χ4n) is 7.24. The molecule has 1 fully saturated rings. The van der Waals surface area contributed by atoms with Crippen molar-refractivity contribution < 1.29 is 65.9 Å². The Labute approximate surface area is 350 Å². The van der Waals surface area contributed by atoms with Crippen molar-refractivity contribution in [3.05, 3.63) is 124 Å². The molecule has 16 heteroatoms. The molecule has 324 valence electrons. The van der Waals surface area contributed by atoms with Gasteiger partial charge in [0.2, 0.25) is 5.91 Å². The number of aliphatic hydroxyl groups is 1. The molecule has 1 saturated heterocycles. The molecule has 3 N–H and O–H groups in total. The number of carbonyl (C=O) groups excluding carboxylic acids is 5. The lowest BCUT2D eigenvalue weighted by Crippen LogP contribution is -2.43. The number of aliphatic hydroxyl groups excluding tert-OH is 1. The van der Waals surface area contributed by atoms with Crippen LogP contribution in [0.1, 0.15) is 83.0 Å². The maximum Gasteiger partial charge on any atom is 0.422 e. The Hall–Kier alpha value is -5.84. The summed E-state index contributed by atoms with van der Waals surface area (Å²) in [6.07, 6.45) is -2.25. The first-order valence-electron chi connectivity index (χ1n) is 19.7. The normalized spacial score (nSPS) is 19.7. The number of carbonyl (C=O) groups is 5. The molecule has 4 atom stereocenters. The van der Waals surface area contributed by atoms with Crippen LogP contribution in [0.4, 0.5) is 13.2 Å². The number of hydrogen-bond acceptors (Lipinski definition) is 11. The first-order chi connectivity index (χ1) is 28.9. The summed E-state index contributed by atoms with van der Waals surface area (Å²) in [5.74, 6) is -4.32. The zero-order valence-corrected chi connectivity index (χ0v) is 33.8. The number of halogens is 3. The highest BCUT2D eigenvalue weighted by atomic mass is 19.4. The number of hydrogen-bond donors (Lipinski definition) is 3. The van der Waals surface area contributed by atoms with E-state index in [1.54, 1.807) is 51.1 Å². The predicted molar refractivity (Wildman–Crippen MR) is 212 cm³/mol. The third-order valence-electron chi connectivity index (χ3n) is 10.0. The van der Waals surface area contributed by atoms with E-state index in [4.69, 9.17) is 18.9 Å². The molecular weight excluding hydrogens is 801 g/mol. The van der Waals surface area contributed by atoms with Crippen molar-refractivity contribution in [2.45, 2.75) is 101 Å². The number of nitrogens with one attached hydrogen (secondary N) is 2. The van der Waals surface area contributed by atoms with Gasteiger partial charge in [-0.25, -0.2) is 9.59 Å². The van der Waals surface area contributed by atoms with Gasteiger partial charge in [0.15, 0.2) is 12.4 Å². The Bertz CT molecular complexity index is 2150. The summed E-state index contributed by atoms with van der Waals surface area (Å²) in [5.41, 5.74) is 3.17. The molecule has 13 nitrogen and oxygen atoms in total. The number of esters is 3. The molecule has 0 bridgehead atoms. The van der Waals surface area contributed by atoms with Gasteiger partial charge in [-0.05, 0) is 85.9 Å². The van der Waals surface area contributed by atoms with Gasteiger partial charge in [0.25, 0.3) is 5.91 Å². The van der Waals surface area contributed by atoms with Gasteiger partial charge >= 0.3 is 24.1 Å². The second-order valence-electron chi connectivity index (χ2n) is 16.1. The van der Waals surface area contributed by atoms with Gasteiger partial charge in [-0.15, -0.1) is 0 Å². The highest BCUT2D eigenvalue weighted by Gasteiger charge is 2.55. The molecule has 0 aromatic heterocycles. The van der Waals surface area contributed by atoms with E-state index in [0.717, 1.165) is 17.2 Å². The minimum Gasteiger partial charge on any atom is -0.460 e. The Morgan fingerprint density at radius 1 is 0.918 bits per heavy atom. The predicted octanol–water partition coefficient (Wildman–Crippen LogP) is 5.47. The van der Waals surface area contributed by atoms with Crippen LogP contribution >= 0.6 is 0 Å². The van der Waals surface area contributed by atoms with Crippen molar-refractivity contribution in [2.75, 3.05) is 13.2 Å². The maximum atomic E-state index is 13.8. The minimum atomic E-state index is -4.66. The van der Waals surface area contributed by atoms with Gasteiger partial charge in [0.05, 0.1) is 18.2 Å². The Kier molecular flexibility index (Phi) is 13.8. The first kappa shape index (κ1) is 44.7. The van der Waals surface area contributed by atoms with Gasteiger partial charge < -0.3 is 39.4 Å². The van der Waals surface area contributed by atoms with Crippen LogP contribution in [-0.2, 0) is 57.5 Å². The zero-order chi connectivity index (χ0) is 44.0. The Morgan fingerprint density at radius 3 is 2.28 bits per heavy atom. The highest BCUT2D eigenvalue weighted by molar-refractivity contribution is 5.95. The van der Waals surface area contributed by atoms with E-state index in [2.05, 4.69) is 15.4 Å². The summed E-state index contributed by atoms with van der Waals surface area (Å²) < 4.78 is 65.6. The number of amides is 2. The Balaban J connectivity index is 1.10. The van der Waals surface area contributed by atoms with Crippen molar-refractivity contribution in [3.8, 4) is 0 Å². The molecule has 0 saturated carbocycles. The van der Waals surface area contributed by atoms with E-state index in [-0.39, 0.29) is 49.1 Å². The maximum absolute atomic E-state index is 13.8. The lowest BCUT2D eigenvalue weighted by Gasteiger charge is -2.30. The molecule has 1 heterocycles. The number of benzene rings is 3. The average Bonchev–Trinajstić information content (AvgIpc) is 3.77. The average molecular weight is 849 g/mol. The summed E-state index contributed by atoms with van der Waals surface area (Å²) >= 11 is 0. The quantitative estimate of drug-likeness (QED) is 0.107. The first-order valence-corrected chi connectivity index (χ1v) is 19.7. The van der Waals surface area contributed by atoms with Crippen molar-refractivity contribution in [1.82, 2.24) is 10.6 Å². The monoisotopic (exact) mass is 848 g/mol. The second-order valence-corrected chi connectivity index (χ2v) is 16.1. The van der Waals surface area contributed by atoms with Crippen LogP contribution in [0.25, 0.3) is 6.08 Å². The molecule has 0 radical (unpaired) electrons. The van der Waals surface area contributed by atoms with Crippen molar-refractivity contribution in [2.24, 2.45) is 0 Å². The van der Waals surface area contributed by atoms with Crippen LogP contribution in [0.15, 0.2) is 90.5 Å². The summed E-state index contributed by atoms with van der Waals surface area (Å²) in [6.45, 7) is 3.19. The molecule has 2 amide bonds. The fourth-order valence-corrected chi connectivity index (χ4v) is 7.24. The molecular formula is C45H47F3N2O11. The van der Waals surface area contributed by atoms with Crippen LogP contribution in [0.3, 0.4) is 0 Å². The van der Waals surface area contributed by atoms with Crippen LogP contribution in [-0.4, -0.2) is 90.0 Å². The molecule has 4 unspecified atom stereocenters. The van der Waals surface area contributed by atoms with Gasteiger partial charge in [-0.2, -0.15) is 13.2 Å². The SMILES string of the molecule is CC(C)(C)OC(=O)CCC(CO)NC(=O)c1cccc(CNC(=O)C2=CC3OC4(Cc5ccccc5C4)OC3C(OC(=O)c3ccc(C=CC(=O)OCC(F)(F)F)cc3)C2)c1. The van der Waals surface area contributed by atoms with E-state index < -0.39 is 78.2 Å². The molecule has 1 aliphatic heterocycles. The van der Waals surface area contributed by atoms with Crippen LogP contribution in [0.2, 0.25) is 0 Å². The zero-order valence-electron chi connectivity index (χ0n) is 33.8. The van der Waals surface area contributed by atoms with Crippen LogP contribution < -0.4 is 10.6 Å². The van der Waals surface area contributed by atoms with E-state index in [1.807, 2.05) is 24.3 Å². The summed E-state index contributed by atoms with van der Waals surface area (Å²) in [5, 5.41) is 15.5. The van der Waals surface area contributed by atoms with Gasteiger partial charge in [0, 0.05) is 49.4 Å². The molecule has 1 spiro atoms. The summed E-state index contributed by atoms with van der Waals surface area (Å²) in [4.78, 5) is 64.2. The number of fused-ring (bicyclic) bond motifs is 2. The minimum absolute atomic E-state index is 0.00500. The van der Waals surface area contributed by atoms with E-state index in [9.17, 15) is 42.3 Å². The summed E-state index contributed by atoms with van der Waals surface area (Å²) in [6, 6.07) is 19.5. The number of alkyl halides is 3. The van der Waals surface area contributed by atoms with E-state index in [1.165, 1.54) is 30.3 Å². The standard InChI is InChI=1S/C45H47F3N2O11/c1-43(2,3)60-38(53)18-16-34(25-51)50-41(55)30-10-6-7-28(19-30)24-49-40(54)33-20-35(39-36(21-33)59-44(61-39)22-31-8-4-5-9-32(31)23-44)58-42(56)29-14-11-27(12-15-29)13-17-37(52)57-26-45(46,47)48/h4-15,17,19,21,34-36,39,51H,16,18,20,22-26H2,1-3H3,(H,49,54)(H,50,55). The smallest absolute Gasteiger partial charge is 0.422 e. The van der Waals surface area contributed by atoms with Crippen molar-refractivity contribution >= 4 is 35.8 Å².